The predicted molar refractivity (Wildman–Crippen MR) is 92.2 cm³/mol. The van der Waals surface area contributed by atoms with Crippen LogP contribution in [-0.2, 0) is 0 Å². The zero-order valence-corrected chi connectivity index (χ0v) is 13.8. The lowest BCUT2D eigenvalue weighted by molar-refractivity contribution is 0.536. The van der Waals surface area contributed by atoms with Crippen LogP contribution in [0.25, 0.3) is 11.1 Å². The number of aliphatic imine (C=N–C) groups is 1. The smallest absolute Gasteiger partial charge is 0.159 e. The lowest BCUT2D eigenvalue weighted by Crippen LogP contribution is -2.18. The van der Waals surface area contributed by atoms with Crippen LogP contribution in [-0.4, -0.2) is 15.5 Å². The Balaban J connectivity index is 1.90. The summed E-state index contributed by atoms with van der Waals surface area (Å²) in [4.78, 5) is 6.04. The molecule has 3 nitrogen and oxygen atoms in total. The van der Waals surface area contributed by atoms with Crippen molar-refractivity contribution in [2.75, 3.05) is 0 Å². The molecule has 23 heavy (non-hydrogen) atoms. The third-order valence-corrected chi connectivity index (χ3v) is 5.12. The minimum absolute atomic E-state index is 0.190. The van der Waals surface area contributed by atoms with Gasteiger partial charge < -0.3 is 0 Å². The number of rotatable bonds is 2. The van der Waals surface area contributed by atoms with E-state index in [9.17, 15) is 4.39 Å². The van der Waals surface area contributed by atoms with Gasteiger partial charge in [0, 0.05) is 22.6 Å². The second kappa shape index (κ2) is 5.42. The SMILES string of the molecule is CC1=Nc2c(-c3ccc(F)cc3)c(C)nn2[C@H](c2cccs2)C1. The van der Waals surface area contributed by atoms with Gasteiger partial charge in [0.1, 0.15) is 5.82 Å². The van der Waals surface area contributed by atoms with Gasteiger partial charge in [0.05, 0.1) is 11.7 Å². The molecule has 0 unspecified atom stereocenters. The van der Waals surface area contributed by atoms with E-state index in [4.69, 9.17) is 10.1 Å². The molecule has 0 N–H and O–H groups in total. The van der Waals surface area contributed by atoms with Crippen LogP contribution in [0, 0.1) is 12.7 Å². The minimum atomic E-state index is -0.233. The topological polar surface area (TPSA) is 30.2 Å². The van der Waals surface area contributed by atoms with Crippen LogP contribution < -0.4 is 0 Å². The predicted octanol–water partition coefficient (Wildman–Crippen LogP) is 5.14. The van der Waals surface area contributed by atoms with Crippen LogP contribution in [0.4, 0.5) is 10.2 Å². The van der Waals surface area contributed by atoms with Crippen LogP contribution in [0.15, 0.2) is 46.8 Å². The number of aryl methyl sites for hydroxylation is 1. The van der Waals surface area contributed by atoms with E-state index in [1.54, 1.807) is 23.5 Å². The lowest BCUT2D eigenvalue weighted by atomic mass is 10.0. The molecule has 1 aliphatic heterocycles. The summed E-state index contributed by atoms with van der Waals surface area (Å²) in [5.74, 6) is 0.639. The number of benzene rings is 1. The highest BCUT2D eigenvalue weighted by atomic mass is 32.1. The molecule has 5 heteroatoms. The van der Waals surface area contributed by atoms with Crippen LogP contribution in [0.5, 0.6) is 0 Å². The van der Waals surface area contributed by atoms with Crippen LogP contribution >= 0.6 is 11.3 Å². The van der Waals surface area contributed by atoms with E-state index in [-0.39, 0.29) is 11.9 Å². The van der Waals surface area contributed by atoms with E-state index in [1.165, 1.54) is 17.0 Å². The molecule has 0 radical (unpaired) electrons. The van der Waals surface area contributed by atoms with Gasteiger partial charge in [-0.15, -0.1) is 11.3 Å². The Hall–Kier alpha value is -2.27. The summed E-state index contributed by atoms with van der Waals surface area (Å²) in [6, 6.07) is 10.9. The van der Waals surface area contributed by atoms with Crippen molar-refractivity contribution in [3.63, 3.8) is 0 Å². The largest absolute Gasteiger partial charge is 0.238 e. The molecule has 0 bridgehead atoms. The Labute approximate surface area is 138 Å². The van der Waals surface area contributed by atoms with Gasteiger partial charge in [-0.3, -0.25) is 0 Å². The molecule has 2 aromatic heterocycles. The quantitative estimate of drug-likeness (QED) is 0.641. The van der Waals surface area contributed by atoms with Gasteiger partial charge in [0.2, 0.25) is 0 Å². The van der Waals surface area contributed by atoms with Crippen molar-refractivity contribution in [2.24, 2.45) is 4.99 Å². The first kappa shape index (κ1) is 14.3. The molecule has 0 fully saturated rings. The Morgan fingerprint density at radius 1 is 1.17 bits per heavy atom. The van der Waals surface area contributed by atoms with Gasteiger partial charge in [-0.05, 0) is 43.0 Å². The van der Waals surface area contributed by atoms with Gasteiger partial charge in [-0.25, -0.2) is 14.1 Å². The van der Waals surface area contributed by atoms with Crippen LogP contribution in [0.1, 0.15) is 30.0 Å². The van der Waals surface area contributed by atoms with Crippen molar-refractivity contribution < 1.29 is 4.39 Å². The number of fused-ring (bicyclic) bond motifs is 1. The lowest BCUT2D eigenvalue weighted by Gasteiger charge is -2.22. The summed E-state index contributed by atoms with van der Waals surface area (Å²) in [7, 11) is 0. The molecule has 1 aromatic carbocycles. The average Bonchev–Trinajstić information content (AvgIpc) is 3.15. The van der Waals surface area contributed by atoms with E-state index in [0.29, 0.717) is 0 Å². The van der Waals surface area contributed by atoms with Gasteiger partial charge in [-0.2, -0.15) is 5.10 Å². The molecule has 1 atom stereocenters. The average molecular weight is 325 g/mol. The summed E-state index contributed by atoms with van der Waals surface area (Å²) in [6.45, 7) is 4.04. The molecule has 0 saturated heterocycles. The normalized spacial score (nSPS) is 17.0. The Bertz CT molecular complexity index is 876. The van der Waals surface area contributed by atoms with Crippen molar-refractivity contribution in [2.45, 2.75) is 26.3 Å². The number of halogens is 1. The molecule has 0 amide bonds. The summed E-state index contributed by atoms with van der Waals surface area (Å²) < 4.78 is 15.3. The molecule has 3 aromatic rings. The first-order valence-electron chi connectivity index (χ1n) is 7.56. The maximum absolute atomic E-state index is 13.2. The number of thiophene rings is 1. The van der Waals surface area contributed by atoms with Gasteiger partial charge in [-0.1, -0.05) is 18.2 Å². The van der Waals surface area contributed by atoms with Crippen LogP contribution in [0.2, 0.25) is 0 Å². The fourth-order valence-corrected chi connectivity index (χ4v) is 3.92. The minimum Gasteiger partial charge on any atom is -0.238 e. The molecule has 116 valence electrons. The third-order valence-electron chi connectivity index (χ3n) is 4.15. The first-order chi connectivity index (χ1) is 11.1. The van der Waals surface area contributed by atoms with Crippen molar-refractivity contribution in [1.29, 1.82) is 0 Å². The fraction of sp³-hybridized carbons (Fsp3) is 0.222. The van der Waals surface area contributed by atoms with Crippen LogP contribution in [0.3, 0.4) is 0 Å². The van der Waals surface area contributed by atoms with Gasteiger partial charge in [0.25, 0.3) is 0 Å². The van der Waals surface area contributed by atoms with Crippen molar-refractivity contribution in [1.82, 2.24) is 9.78 Å². The second-order valence-electron chi connectivity index (χ2n) is 5.82. The van der Waals surface area contributed by atoms with E-state index in [0.717, 1.165) is 34.8 Å². The molecule has 0 spiro atoms. The van der Waals surface area contributed by atoms with E-state index in [2.05, 4.69) is 24.4 Å². The Kier molecular flexibility index (Phi) is 3.38. The summed E-state index contributed by atoms with van der Waals surface area (Å²) in [5, 5.41) is 6.83. The molecule has 0 aliphatic carbocycles. The standard InChI is InChI=1S/C18H16FN3S/c1-11-10-15(16-4-3-9-23-16)22-18(20-11)17(12(2)21-22)13-5-7-14(19)8-6-13/h3-9,15H,10H2,1-2H3/t15-/m0/s1. The van der Waals surface area contributed by atoms with Crippen molar-refractivity contribution in [3.05, 3.63) is 58.2 Å². The highest BCUT2D eigenvalue weighted by molar-refractivity contribution is 7.10. The monoisotopic (exact) mass is 325 g/mol. The van der Waals surface area contributed by atoms with Gasteiger partial charge in [0.15, 0.2) is 5.82 Å². The number of nitrogens with zero attached hydrogens (tertiary/aromatic N) is 3. The fourth-order valence-electron chi connectivity index (χ4n) is 3.11. The molecule has 1 aliphatic rings. The molecular formula is C18H16FN3S. The van der Waals surface area contributed by atoms with E-state index >= 15 is 0 Å². The molecular weight excluding hydrogens is 309 g/mol. The summed E-state index contributed by atoms with van der Waals surface area (Å²) in [6.07, 6.45) is 0.873. The van der Waals surface area contributed by atoms with Crippen molar-refractivity contribution in [3.8, 4) is 11.1 Å². The van der Waals surface area contributed by atoms with E-state index < -0.39 is 0 Å². The Morgan fingerprint density at radius 3 is 2.65 bits per heavy atom. The number of aromatic nitrogens is 2. The second-order valence-corrected chi connectivity index (χ2v) is 6.80. The highest BCUT2D eigenvalue weighted by Gasteiger charge is 2.28. The zero-order valence-electron chi connectivity index (χ0n) is 13.0. The van der Waals surface area contributed by atoms with E-state index in [1.807, 2.05) is 11.6 Å². The number of hydrogen-bond acceptors (Lipinski definition) is 3. The van der Waals surface area contributed by atoms with Gasteiger partial charge >= 0.3 is 0 Å². The van der Waals surface area contributed by atoms with Crippen molar-refractivity contribution >= 4 is 22.9 Å². The molecule has 4 rings (SSSR count). The first-order valence-corrected chi connectivity index (χ1v) is 8.44. The highest BCUT2D eigenvalue weighted by Crippen LogP contribution is 2.41. The zero-order chi connectivity index (χ0) is 16.0. The molecule has 3 heterocycles. The summed E-state index contributed by atoms with van der Waals surface area (Å²) >= 11 is 1.74. The maximum atomic E-state index is 13.2. The Morgan fingerprint density at radius 2 is 1.96 bits per heavy atom. The maximum Gasteiger partial charge on any atom is 0.159 e. The molecule has 0 saturated carbocycles. The number of hydrogen-bond donors (Lipinski definition) is 0. The third kappa shape index (κ3) is 2.41. The summed E-state index contributed by atoms with van der Waals surface area (Å²) in [5.41, 5.74) is 3.96.